The van der Waals surface area contributed by atoms with Crippen LogP contribution in [0.15, 0.2) is 17.0 Å². The number of hydrogen-bond donors (Lipinski definition) is 0. The molecule has 1 aliphatic rings. The van der Waals surface area contributed by atoms with Crippen LogP contribution in [0.3, 0.4) is 0 Å². The molecule has 0 aliphatic carbocycles. The van der Waals surface area contributed by atoms with Gasteiger partial charge in [-0.05, 0) is 12.1 Å². The Hall–Kier alpha value is -1.29. The first-order valence-corrected chi connectivity index (χ1v) is 8.11. The minimum absolute atomic E-state index is 0.0220. The lowest BCUT2D eigenvalue weighted by atomic mass is 10.3. The Morgan fingerprint density at radius 1 is 1.30 bits per heavy atom. The van der Waals surface area contributed by atoms with Gasteiger partial charge in [0.1, 0.15) is 15.9 Å². The van der Waals surface area contributed by atoms with E-state index in [9.17, 15) is 13.2 Å². The first-order chi connectivity index (χ1) is 9.41. The number of aromatic nitrogens is 2. The molecule has 0 bridgehead atoms. The summed E-state index contributed by atoms with van der Waals surface area (Å²) in [6, 6.07) is 2.87. The van der Waals surface area contributed by atoms with Gasteiger partial charge in [-0.15, -0.1) is 0 Å². The zero-order chi connectivity index (χ0) is 14.5. The van der Waals surface area contributed by atoms with Gasteiger partial charge in [0.25, 0.3) is 0 Å². The van der Waals surface area contributed by atoms with Crippen molar-refractivity contribution in [2.45, 2.75) is 4.90 Å². The molecule has 1 fully saturated rings. The maximum absolute atomic E-state index is 12.6. The number of amides is 1. The molecule has 0 radical (unpaired) electrons. The molecule has 3 rings (SSSR count). The monoisotopic (exact) mass is 332 g/mol. The van der Waals surface area contributed by atoms with E-state index in [4.69, 9.17) is 11.6 Å². The number of benzene rings is 1. The second-order valence-electron chi connectivity index (χ2n) is 4.36. The molecule has 1 aromatic heterocycles. The third kappa shape index (κ3) is 1.97. The van der Waals surface area contributed by atoms with Gasteiger partial charge in [-0.3, -0.25) is 4.79 Å². The van der Waals surface area contributed by atoms with E-state index in [0.29, 0.717) is 10.5 Å². The van der Waals surface area contributed by atoms with E-state index >= 15 is 0 Å². The standard InChI is InChI=1S/C10H9ClN4O3S2/c1-14-5-15(4-8(14)16)20(17,18)7-3-2-6(11)9-10(7)13-19-12-9/h2-3H,4-5H2,1H3. The molecule has 10 heteroatoms. The Kier molecular flexibility index (Phi) is 3.16. The van der Waals surface area contributed by atoms with E-state index in [2.05, 4.69) is 8.75 Å². The van der Waals surface area contributed by atoms with Crippen molar-refractivity contribution in [2.75, 3.05) is 20.3 Å². The number of nitrogens with zero attached hydrogens (tertiary/aromatic N) is 4. The first-order valence-electron chi connectivity index (χ1n) is 5.56. The van der Waals surface area contributed by atoms with Gasteiger partial charge >= 0.3 is 0 Å². The molecule has 2 heterocycles. The summed E-state index contributed by atoms with van der Waals surface area (Å²) in [5.41, 5.74) is 0.598. The highest BCUT2D eigenvalue weighted by Crippen LogP contribution is 2.30. The van der Waals surface area contributed by atoms with Gasteiger partial charge in [-0.2, -0.15) is 13.1 Å². The van der Waals surface area contributed by atoms with Crippen LogP contribution in [0.5, 0.6) is 0 Å². The molecule has 106 valence electrons. The summed E-state index contributed by atoms with van der Waals surface area (Å²) >= 11 is 6.86. The number of halogens is 1. The topological polar surface area (TPSA) is 83.5 Å². The molecule has 0 N–H and O–H groups in total. The molecule has 0 saturated carbocycles. The van der Waals surface area contributed by atoms with Crippen LogP contribution in [0.2, 0.25) is 5.02 Å². The number of likely N-dealkylation sites (N-methyl/N-ethyl adjacent to an activating group) is 1. The van der Waals surface area contributed by atoms with Crippen molar-refractivity contribution in [1.29, 1.82) is 0 Å². The number of hydrogen-bond acceptors (Lipinski definition) is 6. The van der Waals surface area contributed by atoms with Gasteiger partial charge in [0.15, 0.2) is 0 Å². The quantitative estimate of drug-likeness (QED) is 0.811. The number of rotatable bonds is 2. The van der Waals surface area contributed by atoms with Crippen molar-refractivity contribution in [1.82, 2.24) is 18.0 Å². The summed E-state index contributed by atoms with van der Waals surface area (Å²) < 4.78 is 34.3. The van der Waals surface area contributed by atoms with Crippen LogP contribution in [0.4, 0.5) is 0 Å². The Balaban J connectivity index is 2.13. The highest BCUT2D eigenvalue weighted by molar-refractivity contribution is 7.89. The molecule has 1 aromatic carbocycles. The third-order valence-electron chi connectivity index (χ3n) is 3.05. The average Bonchev–Trinajstić information content (AvgIpc) is 2.98. The van der Waals surface area contributed by atoms with Crippen molar-refractivity contribution in [3.63, 3.8) is 0 Å². The summed E-state index contributed by atoms with van der Waals surface area (Å²) in [6.45, 7) is -0.136. The van der Waals surface area contributed by atoms with Crippen molar-refractivity contribution >= 4 is 50.3 Å². The van der Waals surface area contributed by atoms with Gasteiger partial charge in [0.05, 0.1) is 30.0 Å². The van der Waals surface area contributed by atoms with Crippen molar-refractivity contribution in [2.24, 2.45) is 0 Å². The number of sulfonamides is 1. The van der Waals surface area contributed by atoms with E-state index in [-0.39, 0.29) is 29.5 Å². The SMILES string of the molecule is CN1CN(S(=O)(=O)c2ccc(Cl)c3nsnc23)CC1=O. The van der Waals surface area contributed by atoms with Crippen molar-refractivity contribution < 1.29 is 13.2 Å². The summed E-state index contributed by atoms with van der Waals surface area (Å²) in [5, 5.41) is 0.349. The van der Waals surface area contributed by atoms with Crippen LogP contribution in [-0.2, 0) is 14.8 Å². The zero-order valence-corrected chi connectivity index (χ0v) is 12.7. The molecule has 1 aliphatic heterocycles. The van der Waals surface area contributed by atoms with E-state index in [1.54, 1.807) is 7.05 Å². The molecule has 0 atom stereocenters. The first kappa shape index (κ1) is 13.7. The summed E-state index contributed by atoms with van der Waals surface area (Å²) in [5.74, 6) is -0.241. The molecule has 1 saturated heterocycles. The maximum Gasteiger partial charge on any atom is 0.247 e. The number of carbonyl (C=O) groups is 1. The second kappa shape index (κ2) is 4.62. The number of carbonyl (C=O) groups excluding carboxylic acids is 1. The minimum atomic E-state index is -3.80. The van der Waals surface area contributed by atoms with Gasteiger partial charge in [0, 0.05) is 7.05 Å². The lowest BCUT2D eigenvalue weighted by molar-refractivity contribution is -0.125. The molecule has 20 heavy (non-hydrogen) atoms. The number of fused-ring (bicyclic) bond motifs is 1. The fourth-order valence-electron chi connectivity index (χ4n) is 1.96. The Labute approximate surface area is 124 Å². The van der Waals surface area contributed by atoms with Gasteiger partial charge in [0.2, 0.25) is 15.9 Å². The lowest BCUT2D eigenvalue weighted by Crippen LogP contribution is -2.30. The van der Waals surface area contributed by atoms with Crippen molar-refractivity contribution in [3.05, 3.63) is 17.2 Å². The van der Waals surface area contributed by atoms with Crippen LogP contribution >= 0.6 is 23.3 Å². The summed E-state index contributed by atoms with van der Waals surface area (Å²) in [7, 11) is -2.25. The highest BCUT2D eigenvalue weighted by Gasteiger charge is 2.36. The Morgan fingerprint density at radius 2 is 2.00 bits per heavy atom. The second-order valence-corrected chi connectivity index (χ2v) is 7.20. The molecular formula is C10H9ClN4O3S2. The predicted molar refractivity (Wildman–Crippen MR) is 74.0 cm³/mol. The zero-order valence-electron chi connectivity index (χ0n) is 10.3. The van der Waals surface area contributed by atoms with Crippen LogP contribution < -0.4 is 0 Å². The average molecular weight is 333 g/mol. The van der Waals surface area contributed by atoms with Gasteiger partial charge in [-0.1, -0.05) is 11.6 Å². The minimum Gasteiger partial charge on any atom is -0.331 e. The molecule has 2 aromatic rings. The fourth-order valence-corrected chi connectivity index (χ4v) is 4.35. The normalized spacial score (nSPS) is 17.3. The molecular weight excluding hydrogens is 324 g/mol. The molecule has 0 spiro atoms. The van der Waals surface area contributed by atoms with Crippen LogP contribution in [0, 0.1) is 0 Å². The summed E-state index contributed by atoms with van der Waals surface area (Å²) in [6.07, 6.45) is 0. The van der Waals surface area contributed by atoms with E-state index in [1.165, 1.54) is 17.0 Å². The van der Waals surface area contributed by atoms with Gasteiger partial charge < -0.3 is 4.90 Å². The van der Waals surface area contributed by atoms with E-state index in [0.717, 1.165) is 16.0 Å². The highest BCUT2D eigenvalue weighted by atomic mass is 35.5. The van der Waals surface area contributed by atoms with E-state index < -0.39 is 10.0 Å². The van der Waals surface area contributed by atoms with Crippen molar-refractivity contribution in [3.8, 4) is 0 Å². The van der Waals surface area contributed by atoms with Crippen LogP contribution in [0.25, 0.3) is 11.0 Å². The largest absolute Gasteiger partial charge is 0.331 e. The van der Waals surface area contributed by atoms with E-state index in [1.807, 2.05) is 0 Å². The van der Waals surface area contributed by atoms with Crippen LogP contribution in [0.1, 0.15) is 0 Å². The van der Waals surface area contributed by atoms with Gasteiger partial charge in [-0.25, -0.2) is 8.42 Å². The lowest BCUT2D eigenvalue weighted by Gasteiger charge is -2.15. The predicted octanol–water partition coefficient (Wildman–Crippen LogP) is 0.765. The Bertz CT molecular complexity index is 804. The molecule has 0 unspecified atom stereocenters. The summed E-state index contributed by atoms with van der Waals surface area (Å²) in [4.78, 5) is 12.9. The smallest absolute Gasteiger partial charge is 0.247 e. The fraction of sp³-hybridized carbons (Fsp3) is 0.300. The molecule has 1 amide bonds. The van der Waals surface area contributed by atoms with Crippen LogP contribution in [-0.4, -0.2) is 52.5 Å². The third-order valence-corrected chi connectivity index (χ3v) is 5.70. The Morgan fingerprint density at radius 3 is 2.65 bits per heavy atom. The molecule has 7 nitrogen and oxygen atoms in total. The maximum atomic E-state index is 12.6.